The molecule has 2 atom stereocenters. The topological polar surface area (TPSA) is 60.9 Å². The number of hydrogen-bond acceptors (Lipinski definition) is 3. The van der Waals surface area contributed by atoms with Gasteiger partial charge in [0.15, 0.2) is 0 Å². The number of carbonyl (C=O) groups excluding carboxylic acids is 1. The molecule has 146 valence electrons. The quantitative estimate of drug-likeness (QED) is 0.885. The summed E-state index contributed by atoms with van der Waals surface area (Å²) in [5.74, 6) is -1.24. The third-order valence-corrected chi connectivity index (χ3v) is 6.94. The largest absolute Gasteiger partial charge is 0.481 e. The Hall–Kier alpha value is -1.88. The summed E-state index contributed by atoms with van der Waals surface area (Å²) in [6, 6.07) is 9.83. The van der Waals surface area contributed by atoms with Crippen LogP contribution in [0, 0.1) is 5.92 Å². The molecule has 2 heterocycles. The predicted octanol–water partition coefficient (Wildman–Crippen LogP) is 3.11. The summed E-state index contributed by atoms with van der Waals surface area (Å²) in [6.07, 6.45) is 7.58. The zero-order valence-corrected chi connectivity index (χ0v) is 16.0. The van der Waals surface area contributed by atoms with Gasteiger partial charge in [0.05, 0.1) is 5.92 Å². The van der Waals surface area contributed by atoms with Gasteiger partial charge in [0.2, 0.25) is 5.91 Å². The third-order valence-electron chi connectivity index (χ3n) is 6.94. The summed E-state index contributed by atoms with van der Waals surface area (Å²) in [7, 11) is 0. The highest BCUT2D eigenvalue weighted by molar-refractivity contribution is 5.88. The summed E-state index contributed by atoms with van der Waals surface area (Å²) in [5.41, 5.74) is 0.641. The van der Waals surface area contributed by atoms with Crippen molar-refractivity contribution in [1.29, 1.82) is 0 Å². The fourth-order valence-corrected chi connectivity index (χ4v) is 5.50. The van der Waals surface area contributed by atoms with Crippen LogP contribution >= 0.6 is 0 Å². The van der Waals surface area contributed by atoms with E-state index in [-0.39, 0.29) is 17.4 Å². The molecule has 5 nitrogen and oxygen atoms in total. The first kappa shape index (κ1) is 18.5. The molecule has 4 rings (SSSR count). The Morgan fingerprint density at radius 1 is 0.926 bits per heavy atom. The van der Waals surface area contributed by atoms with Gasteiger partial charge in [-0.25, -0.2) is 0 Å². The van der Waals surface area contributed by atoms with Crippen LogP contribution in [0.2, 0.25) is 0 Å². The highest BCUT2D eigenvalue weighted by Crippen LogP contribution is 2.40. The first-order chi connectivity index (χ1) is 13.1. The summed E-state index contributed by atoms with van der Waals surface area (Å²) in [5, 5.41) is 9.78. The van der Waals surface area contributed by atoms with E-state index in [1.807, 2.05) is 35.2 Å². The lowest BCUT2D eigenvalue weighted by Crippen LogP contribution is -2.59. The van der Waals surface area contributed by atoms with E-state index >= 15 is 0 Å². The van der Waals surface area contributed by atoms with Crippen LogP contribution in [0.15, 0.2) is 30.3 Å². The molecule has 0 aromatic heterocycles. The number of carbonyl (C=O) groups is 2. The Bertz CT molecular complexity index is 678. The number of aliphatic carboxylic acids is 1. The van der Waals surface area contributed by atoms with Gasteiger partial charge in [-0.15, -0.1) is 0 Å². The molecular formula is C22H30N2O3. The minimum absolute atomic E-state index is 0.119. The second-order valence-electron chi connectivity index (χ2n) is 8.46. The van der Waals surface area contributed by atoms with E-state index in [1.165, 1.54) is 19.3 Å². The fourth-order valence-electron chi connectivity index (χ4n) is 5.50. The molecule has 1 N–H and O–H groups in total. The number of rotatable bonds is 4. The van der Waals surface area contributed by atoms with Crippen molar-refractivity contribution in [3.8, 4) is 0 Å². The van der Waals surface area contributed by atoms with Crippen molar-refractivity contribution in [1.82, 2.24) is 9.80 Å². The monoisotopic (exact) mass is 370 g/mol. The lowest BCUT2D eigenvalue weighted by Gasteiger charge is -2.45. The van der Waals surface area contributed by atoms with Crippen molar-refractivity contribution in [2.45, 2.75) is 56.4 Å². The van der Waals surface area contributed by atoms with Gasteiger partial charge in [-0.05, 0) is 44.3 Å². The van der Waals surface area contributed by atoms with E-state index in [1.54, 1.807) is 0 Å². The Balaban J connectivity index is 1.59. The minimum atomic E-state index is -0.794. The normalized spacial score (nSPS) is 28.4. The van der Waals surface area contributed by atoms with Crippen molar-refractivity contribution in [2.75, 3.05) is 26.2 Å². The number of nitrogens with zero attached hydrogens (tertiary/aromatic N) is 2. The van der Waals surface area contributed by atoms with Gasteiger partial charge in [-0.3, -0.25) is 14.5 Å². The number of benzene rings is 1. The molecule has 5 heteroatoms. The minimum Gasteiger partial charge on any atom is -0.481 e. The SMILES string of the molecule is O=C(O)[C@@H]1CN(C(=O)C2(N3CCCC3)CCCCC2)C[C@H]1c1ccccc1. The molecule has 1 saturated carbocycles. The molecule has 2 saturated heterocycles. The van der Waals surface area contributed by atoms with Gasteiger partial charge in [0.25, 0.3) is 0 Å². The van der Waals surface area contributed by atoms with Crippen molar-refractivity contribution in [3.63, 3.8) is 0 Å². The summed E-state index contributed by atoms with van der Waals surface area (Å²) in [4.78, 5) is 30.0. The van der Waals surface area contributed by atoms with Crippen molar-refractivity contribution >= 4 is 11.9 Å². The molecule has 0 spiro atoms. The van der Waals surface area contributed by atoms with Crippen molar-refractivity contribution < 1.29 is 14.7 Å². The maximum Gasteiger partial charge on any atom is 0.308 e. The van der Waals surface area contributed by atoms with Gasteiger partial charge in [0.1, 0.15) is 5.54 Å². The maximum atomic E-state index is 13.7. The van der Waals surface area contributed by atoms with Crippen LogP contribution in [-0.4, -0.2) is 58.5 Å². The summed E-state index contributed by atoms with van der Waals surface area (Å²) < 4.78 is 0. The van der Waals surface area contributed by atoms with E-state index in [0.29, 0.717) is 13.1 Å². The molecule has 0 radical (unpaired) electrons. The lowest BCUT2D eigenvalue weighted by molar-refractivity contribution is -0.146. The average molecular weight is 370 g/mol. The molecule has 3 fully saturated rings. The molecule has 0 bridgehead atoms. The van der Waals surface area contributed by atoms with Crippen LogP contribution in [-0.2, 0) is 9.59 Å². The molecule has 27 heavy (non-hydrogen) atoms. The van der Waals surface area contributed by atoms with E-state index in [4.69, 9.17) is 0 Å². The number of likely N-dealkylation sites (tertiary alicyclic amines) is 2. The standard InChI is InChI=1S/C22H30N2O3/c25-20(26)19-16-23(15-18(19)17-9-3-1-4-10-17)21(27)22(11-5-2-6-12-22)24-13-7-8-14-24/h1,3-4,9-10,18-19H,2,5-8,11-16H2,(H,25,26)/t18-,19+/m0/s1. The molecule has 2 aliphatic heterocycles. The van der Waals surface area contributed by atoms with Gasteiger partial charge in [-0.1, -0.05) is 49.6 Å². The molecule has 1 amide bonds. The molecule has 1 aromatic carbocycles. The number of hydrogen-bond donors (Lipinski definition) is 1. The second kappa shape index (κ2) is 7.63. The molecule has 0 unspecified atom stereocenters. The van der Waals surface area contributed by atoms with Crippen LogP contribution in [0.3, 0.4) is 0 Å². The number of carboxylic acids is 1. The van der Waals surface area contributed by atoms with Crippen LogP contribution in [0.1, 0.15) is 56.4 Å². The maximum absolute atomic E-state index is 13.7. The highest BCUT2D eigenvalue weighted by Gasteiger charge is 2.50. The van der Waals surface area contributed by atoms with E-state index in [2.05, 4.69) is 4.90 Å². The first-order valence-electron chi connectivity index (χ1n) is 10.4. The van der Waals surface area contributed by atoms with Gasteiger partial charge >= 0.3 is 5.97 Å². The molecule has 3 aliphatic rings. The predicted molar refractivity (Wildman–Crippen MR) is 104 cm³/mol. The third kappa shape index (κ3) is 3.38. The smallest absolute Gasteiger partial charge is 0.308 e. The Morgan fingerprint density at radius 3 is 2.22 bits per heavy atom. The van der Waals surface area contributed by atoms with Crippen molar-refractivity contribution in [2.24, 2.45) is 5.92 Å². The number of amides is 1. The summed E-state index contributed by atoms with van der Waals surface area (Å²) >= 11 is 0. The van der Waals surface area contributed by atoms with Crippen LogP contribution < -0.4 is 0 Å². The number of carboxylic acid groups (broad SMARTS) is 1. The fraction of sp³-hybridized carbons (Fsp3) is 0.636. The molecule has 1 aromatic rings. The zero-order chi connectivity index (χ0) is 18.9. The highest BCUT2D eigenvalue weighted by atomic mass is 16.4. The lowest BCUT2D eigenvalue weighted by atomic mass is 9.79. The van der Waals surface area contributed by atoms with E-state index in [9.17, 15) is 14.7 Å². The molecular weight excluding hydrogens is 340 g/mol. The second-order valence-corrected chi connectivity index (χ2v) is 8.46. The van der Waals surface area contributed by atoms with Gasteiger partial charge < -0.3 is 10.0 Å². The van der Waals surface area contributed by atoms with Crippen LogP contribution in [0.5, 0.6) is 0 Å². The zero-order valence-electron chi connectivity index (χ0n) is 16.0. The van der Waals surface area contributed by atoms with Crippen LogP contribution in [0.4, 0.5) is 0 Å². The first-order valence-corrected chi connectivity index (χ1v) is 10.4. The average Bonchev–Trinajstić information content (AvgIpc) is 3.39. The van der Waals surface area contributed by atoms with E-state index in [0.717, 1.165) is 44.3 Å². The van der Waals surface area contributed by atoms with Gasteiger partial charge in [-0.2, -0.15) is 0 Å². The Morgan fingerprint density at radius 2 is 1.59 bits per heavy atom. The van der Waals surface area contributed by atoms with Crippen LogP contribution in [0.25, 0.3) is 0 Å². The van der Waals surface area contributed by atoms with Crippen molar-refractivity contribution in [3.05, 3.63) is 35.9 Å². The molecule has 1 aliphatic carbocycles. The summed E-state index contributed by atoms with van der Waals surface area (Å²) in [6.45, 7) is 2.87. The van der Waals surface area contributed by atoms with E-state index < -0.39 is 11.9 Å². The Kier molecular flexibility index (Phi) is 5.22. The Labute approximate surface area is 161 Å². The van der Waals surface area contributed by atoms with Gasteiger partial charge in [0, 0.05) is 19.0 Å².